The Morgan fingerprint density at radius 2 is 1.84 bits per heavy atom. The zero-order valence-corrected chi connectivity index (χ0v) is 16.3. The summed E-state index contributed by atoms with van der Waals surface area (Å²) in [4.78, 5) is 26.0. The molecule has 1 aliphatic rings. The van der Waals surface area contributed by atoms with E-state index < -0.39 is 11.7 Å². The lowest BCUT2D eigenvalue weighted by atomic mass is 9.96. The largest absolute Gasteiger partial charge is 0.444 e. The van der Waals surface area contributed by atoms with E-state index in [-0.39, 0.29) is 5.91 Å². The minimum Gasteiger partial charge on any atom is -0.444 e. The smallest absolute Gasteiger partial charge is 0.407 e. The van der Waals surface area contributed by atoms with E-state index in [1.165, 1.54) is 0 Å². The zero-order valence-electron chi connectivity index (χ0n) is 14.8. The van der Waals surface area contributed by atoms with Crippen molar-refractivity contribution in [3.05, 3.63) is 33.8 Å². The normalized spacial score (nSPS) is 15.8. The maximum atomic E-state index is 12.5. The van der Waals surface area contributed by atoms with Crippen molar-refractivity contribution in [2.45, 2.75) is 39.2 Å². The van der Waals surface area contributed by atoms with Crippen LogP contribution in [-0.4, -0.2) is 42.1 Å². The molecule has 7 heteroatoms. The minimum absolute atomic E-state index is 0.0443. The van der Waals surface area contributed by atoms with E-state index in [1.807, 2.05) is 25.7 Å². The summed E-state index contributed by atoms with van der Waals surface area (Å²) >= 11 is 11.9. The summed E-state index contributed by atoms with van der Waals surface area (Å²) in [5.41, 5.74) is 0.0411. The first-order valence-corrected chi connectivity index (χ1v) is 9.12. The molecule has 1 heterocycles. The van der Waals surface area contributed by atoms with Gasteiger partial charge in [-0.2, -0.15) is 0 Å². The Kier molecular flexibility index (Phi) is 6.58. The lowest BCUT2D eigenvalue weighted by Gasteiger charge is -2.32. The van der Waals surface area contributed by atoms with Crippen LogP contribution in [0, 0.1) is 5.92 Å². The van der Waals surface area contributed by atoms with E-state index in [1.54, 1.807) is 18.2 Å². The van der Waals surface area contributed by atoms with E-state index in [0.717, 1.165) is 12.8 Å². The molecule has 1 saturated heterocycles. The number of carbonyl (C=O) groups is 2. The molecule has 0 atom stereocenters. The van der Waals surface area contributed by atoms with E-state index in [0.29, 0.717) is 41.2 Å². The molecule has 1 aromatic carbocycles. The molecule has 5 nitrogen and oxygen atoms in total. The van der Waals surface area contributed by atoms with Gasteiger partial charge < -0.3 is 15.0 Å². The summed E-state index contributed by atoms with van der Waals surface area (Å²) < 4.78 is 5.23. The van der Waals surface area contributed by atoms with Gasteiger partial charge in [0.1, 0.15) is 5.60 Å². The second-order valence-electron chi connectivity index (χ2n) is 7.25. The molecule has 0 spiro atoms. The molecule has 2 amide bonds. The van der Waals surface area contributed by atoms with Gasteiger partial charge in [-0.1, -0.05) is 23.2 Å². The number of likely N-dealkylation sites (tertiary alicyclic amines) is 1. The first-order valence-electron chi connectivity index (χ1n) is 8.37. The van der Waals surface area contributed by atoms with Gasteiger partial charge in [-0.05, 0) is 57.7 Å². The van der Waals surface area contributed by atoms with Crippen molar-refractivity contribution in [3.63, 3.8) is 0 Å². The summed E-state index contributed by atoms with van der Waals surface area (Å²) in [5, 5.41) is 3.62. The van der Waals surface area contributed by atoms with Crippen LogP contribution in [0.3, 0.4) is 0 Å². The maximum absolute atomic E-state index is 12.5. The van der Waals surface area contributed by atoms with E-state index >= 15 is 0 Å². The van der Waals surface area contributed by atoms with Crippen molar-refractivity contribution in [2.24, 2.45) is 5.92 Å². The lowest BCUT2D eigenvalue weighted by Crippen LogP contribution is -2.42. The second kappa shape index (κ2) is 8.28. The second-order valence-corrected chi connectivity index (χ2v) is 8.06. The molecule has 0 bridgehead atoms. The molecular weight excluding hydrogens is 363 g/mol. The van der Waals surface area contributed by atoms with Gasteiger partial charge in [-0.15, -0.1) is 0 Å². The molecule has 0 saturated carbocycles. The quantitative estimate of drug-likeness (QED) is 0.838. The SMILES string of the molecule is CC(C)(C)OC(=O)NCC1CCN(C(=O)c2ccc(Cl)c(Cl)c2)CC1. The number of hydrogen-bond donors (Lipinski definition) is 1. The minimum atomic E-state index is -0.500. The average molecular weight is 387 g/mol. The molecule has 0 unspecified atom stereocenters. The maximum Gasteiger partial charge on any atom is 0.407 e. The highest BCUT2D eigenvalue weighted by atomic mass is 35.5. The summed E-state index contributed by atoms with van der Waals surface area (Å²) in [6, 6.07) is 4.92. The monoisotopic (exact) mass is 386 g/mol. The molecule has 1 N–H and O–H groups in total. The molecule has 1 aromatic rings. The van der Waals surface area contributed by atoms with Gasteiger partial charge in [-0.25, -0.2) is 4.79 Å². The standard InChI is InChI=1S/C18H24Cl2N2O3/c1-18(2,3)25-17(24)21-11-12-6-8-22(9-7-12)16(23)13-4-5-14(19)15(20)10-13/h4-5,10,12H,6-9,11H2,1-3H3,(H,21,24). The summed E-state index contributed by atoms with van der Waals surface area (Å²) in [6.07, 6.45) is 1.27. The number of carbonyl (C=O) groups excluding carboxylic acids is 2. The van der Waals surface area contributed by atoms with Gasteiger partial charge in [-0.3, -0.25) is 4.79 Å². The third-order valence-corrected chi connectivity index (χ3v) is 4.74. The van der Waals surface area contributed by atoms with Gasteiger partial charge in [0.15, 0.2) is 0 Å². The number of benzene rings is 1. The topological polar surface area (TPSA) is 58.6 Å². The summed E-state index contributed by atoms with van der Waals surface area (Å²) in [6.45, 7) is 7.36. The molecular formula is C18H24Cl2N2O3. The van der Waals surface area contributed by atoms with Gasteiger partial charge in [0.2, 0.25) is 0 Å². The van der Waals surface area contributed by atoms with Crippen LogP contribution in [0.4, 0.5) is 4.79 Å². The van der Waals surface area contributed by atoms with Crippen LogP contribution in [0.2, 0.25) is 10.0 Å². The average Bonchev–Trinajstić information content (AvgIpc) is 2.54. The Hall–Kier alpha value is -1.46. The predicted molar refractivity (Wildman–Crippen MR) is 99.3 cm³/mol. The molecule has 0 aliphatic carbocycles. The van der Waals surface area contributed by atoms with Gasteiger partial charge in [0.05, 0.1) is 10.0 Å². The van der Waals surface area contributed by atoms with Crippen LogP contribution < -0.4 is 5.32 Å². The van der Waals surface area contributed by atoms with Crippen molar-refractivity contribution < 1.29 is 14.3 Å². The molecule has 0 radical (unpaired) electrons. The number of piperidine rings is 1. The van der Waals surface area contributed by atoms with Crippen molar-refractivity contribution in [2.75, 3.05) is 19.6 Å². The van der Waals surface area contributed by atoms with Crippen LogP contribution in [0.5, 0.6) is 0 Å². The lowest BCUT2D eigenvalue weighted by molar-refractivity contribution is 0.0500. The van der Waals surface area contributed by atoms with Crippen molar-refractivity contribution in [1.29, 1.82) is 0 Å². The summed E-state index contributed by atoms with van der Waals surface area (Å²) in [5.74, 6) is 0.294. The highest BCUT2D eigenvalue weighted by Crippen LogP contribution is 2.24. The molecule has 138 valence electrons. The fraction of sp³-hybridized carbons (Fsp3) is 0.556. The number of alkyl carbamates (subject to hydrolysis) is 1. The Morgan fingerprint density at radius 1 is 1.20 bits per heavy atom. The Morgan fingerprint density at radius 3 is 2.40 bits per heavy atom. The van der Waals surface area contributed by atoms with Crippen LogP contribution in [0.1, 0.15) is 44.0 Å². The molecule has 2 rings (SSSR count). The fourth-order valence-corrected chi connectivity index (χ4v) is 2.99. The number of ether oxygens (including phenoxy) is 1. The van der Waals surface area contributed by atoms with Crippen molar-refractivity contribution in [3.8, 4) is 0 Å². The van der Waals surface area contributed by atoms with Gasteiger partial charge in [0.25, 0.3) is 5.91 Å². The molecule has 1 fully saturated rings. The van der Waals surface area contributed by atoms with Gasteiger partial charge in [0, 0.05) is 25.2 Å². The highest BCUT2D eigenvalue weighted by molar-refractivity contribution is 6.42. The van der Waals surface area contributed by atoms with Crippen LogP contribution in [0.25, 0.3) is 0 Å². The van der Waals surface area contributed by atoms with E-state index in [4.69, 9.17) is 27.9 Å². The molecule has 0 aromatic heterocycles. The Bertz CT molecular complexity index is 636. The Labute approximate surface area is 158 Å². The van der Waals surface area contributed by atoms with E-state index in [9.17, 15) is 9.59 Å². The fourth-order valence-electron chi connectivity index (χ4n) is 2.69. The zero-order chi connectivity index (χ0) is 18.6. The number of nitrogens with zero attached hydrogens (tertiary/aromatic N) is 1. The third kappa shape index (κ3) is 6.08. The van der Waals surface area contributed by atoms with Gasteiger partial charge >= 0.3 is 6.09 Å². The summed E-state index contributed by atoms with van der Waals surface area (Å²) in [7, 11) is 0. The number of halogens is 2. The first kappa shape index (κ1) is 19.9. The number of amides is 2. The highest BCUT2D eigenvalue weighted by Gasteiger charge is 2.25. The van der Waals surface area contributed by atoms with E-state index in [2.05, 4.69) is 5.32 Å². The number of nitrogens with one attached hydrogen (secondary N) is 1. The third-order valence-electron chi connectivity index (χ3n) is 4.00. The number of rotatable bonds is 3. The van der Waals surface area contributed by atoms with Crippen LogP contribution >= 0.6 is 23.2 Å². The van der Waals surface area contributed by atoms with Crippen LogP contribution in [0.15, 0.2) is 18.2 Å². The van der Waals surface area contributed by atoms with Crippen molar-refractivity contribution in [1.82, 2.24) is 10.2 Å². The first-order chi connectivity index (χ1) is 11.7. The Balaban J connectivity index is 1.80. The van der Waals surface area contributed by atoms with Crippen molar-refractivity contribution >= 4 is 35.2 Å². The molecule has 25 heavy (non-hydrogen) atoms. The number of hydrogen-bond acceptors (Lipinski definition) is 3. The van der Waals surface area contributed by atoms with Crippen LogP contribution in [-0.2, 0) is 4.74 Å². The predicted octanol–water partition coefficient (Wildman–Crippen LogP) is 4.37. The molecule has 1 aliphatic heterocycles.